The number of benzene rings is 2. The van der Waals surface area contributed by atoms with E-state index in [1.165, 1.54) is 16.0 Å². The quantitative estimate of drug-likeness (QED) is 0.428. The smallest absolute Gasteiger partial charge is 0.134 e. The van der Waals surface area contributed by atoms with Gasteiger partial charge in [0.2, 0.25) is 0 Å². The lowest BCUT2D eigenvalue weighted by Gasteiger charge is -2.46. The highest BCUT2D eigenvalue weighted by atomic mass is 32.1. The van der Waals surface area contributed by atoms with Crippen molar-refractivity contribution in [3.05, 3.63) is 88.1 Å². The predicted octanol–water partition coefficient (Wildman–Crippen LogP) is 5.53. The summed E-state index contributed by atoms with van der Waals surface area (Å²) in [6.07, 6.45) is 3.30. The molecule has 4 nitrogen and oxygen atoms in total. The first-order valence-electron chi connectivity index (χ1n) is 12.0. The van der Waals surface area contributed by atoms with Crippen LogP contribution < -0.4 is 10.1 Å². The first kappa shape index (κ1) is 24.0. The minimum Gasteiger partial charge on any atom is -0.485 e. The van der Waals surface area contributed by atoms with Crippen molar-refractivity contribution in [3.8, 4) is 5.75 Å². The van der Waals surface area contributed by atoms with Gasteiger partial charge in [-0.15, -0.1) is 11.3 Å². The van der Waals surface area contributed by atoms with Crippen molar-refractivity contribution in [1.82, 2.24) is 15.1 Å². The average Bonchev–Trinajstić information content (AvgIpc) is 3.39. The maximum absolute atomic E-state index is 6.62. The Morgan fingerprint density at radius 2 is 1.73 bits per heavy atom. The van der Waals surface area contributed by atoms with Crippen LogP contribution in [0.4, 0.5) is 0 Å². The summed E-state index contributed by atoms with van der Waals surface area (Å²) >= 11 is 1.77. The molecule has 1 aromatic heterocycles. The van der Waals surface area contributed by atoms with E-state index in [1.807, 2.05) is 7.05 Å². The van der Waals surface area contributed by atoms with Crippen molar-refractivity contribution >= 4 is 11.3 Å². The first-order valence-corrected chi connectivity index (χ1v) is 12.9. The Morgan fingerprint density at radius 1 is 1.00 bits per heavy atom. The van der Waals surface area contributed by atoms with Gasteiger partial charge in [-0.1, -0.05) is 54.6 Å². The number of likely N-dealkylation sites (tertiary alicyclic amines) is 1. The lowest BCUT2D eigenvalue weighted by molar-refractivity contribution is 0.0501. The number of para-hydroxylation sites is 1. The van der Waals surface area contributed by atoms with Crippen LogP contribution in [0.25, 0.3) is 0 Å². The molecule has 0 radical (unpaired) electrons. The third kappa shape index (κ3) is 5.67. The summed E-state index contributed by atoms with van der Waals surface area (Å²) in [4.78, 5) is 6.29. The van der Waals surface area contributed by atoms with Gasteiger partial charge in [0, 0.05) is 42.0 Å². The summed E-state index contributed by atoms with van der Waals surface area (Å²) in [7, 11) is 6.45. The van der Waals surface area contributed by atoms with Gasteiger partial charge in [-0.2, -0.15) is 0 Å². The maximum Gasteiger partial charge on any atom is 0.134 e. The molecule has 1 saturated heterocycles. The molecule has 2 heterocycles. The molecule has 0 bridgehead atoms. The number of piperidine rings is 1. The summed E-state index contributed by atoms with van der Waals surface area (Å²) < 4.78 is 6.62. The van der Waals surface area contributed by atoms with Gasteiger partial charge in [0.25, 0.3) is 0 Å². The van der Waals surface area contributed by atoms with Gasteiger partial charge in [0.15, 0.2) is 0 Å². The predicted molar refractivity (Wildman–Crippen MR) is 139 cm³/mol. The molecule has 0 amide bonds. The topological polar surface area (TPSA) is 27.7 Å². The van der Waals surface area contributed by atoms with Crippen LogP contribution in [0.5, 0.6) is 5.75 Å². The SMILES string of the molecule is CNCC[C@H](Oc1ccccc1CN1CCC(c2ccccc2)(N(C)C)CC1)c1cccs1. The minimum atomic E-state index is 0.0828. The van der Waals surface area contributed by atoms with E-state index in [9.17, 15) is 0 Å². The number of nitrogens with zero attached hydrogens (tertiary/aromatic N) is 2. The zero-order chi connectivity index (χ0) is 23.1. The molecule has 2 aromatic carbocycles. The molecule has 1 fully saturated rings. The third-order valence-electron chi connectivity index (χ3n) is 7.00. The molecule has 33 heavy (non-hydrogen) atoms. The van der Waals surface area contributed by atoms with Gasteiger partial charge < -0.3 is 10.1 Å². The van der Waals surface area contributed by atoms with Crippen LogP contribution in [0, 0.1) is 0 Å². The number of rotatable bonds is 10. The van der Waals surface area contributed by atoms with Crippen LogP contribution in [0.1, 0.15) is 41.4 Å². The van der Waals surface area contributed by atoms with E-state index in [2.05, 4.69) is 101 Å². The molecule has 1 N–H and O–H groups in total. The number of thiophene rings is 1. The molecule has 3 aromatic rings. The van der Waals surface area contributed by atoms with Crippen LogP contribution in [-0.2, 0) is 12.1 Å². The molecule has 176 valence electrons. The van der Waals surface area contributed by atoms with E-state index in [1.54, 1.807) is 11.3 Å². The number of hydrogen-bond donors (Lipinski definition) is 1. The monoisotopic (exact) mass is 463 g/mol. The van der Waals surface area contributed by atoms with E-state index < -0.39 is 0 Å². The molecule has 0 unspecified atom stereocenters. The van der Waals surface area contributed by atoms with Crippen molar-refractivity contribution in [1.29, 1.82) is 0 Å². The van der Waals surface area contributed by atoms with Crippen LogP contribution in [0.15, 0.2) is 72.1 Å². The molecule has 0 saturated carbocycles. The van der Waals surface area contributed by atoms with Gasteiger partial charge in [0.05, 0.1) is 0 Å². The van der Waals surface area contributed by atoms with Crippen molar-refractivity contribution in [2.75, 3.05) is 40.8 Å². The van der Waals surface area contributed by atoms with E-state index in [0.29, 0.717) is 0 Å². The highest BCUT2D eigenvalue weighted by Crippen LogP contribution is 2.38. The highest BCUT2D eigenvalue weighted by molar-refractivity contribution is 7.10. The van der Waals surface area contributed by atoms with Gasteiger partial charge >= 0.3 is 0 Å². The lowest BCUT2D eigenvalue weighted by atomic mass is 9.79. The molecule has 4 rings (SSSR count). The Morgan fingerprint density at radius 3 is 2.39 bits per heavy atom. The Hall–Kier alpha value is -2.18. The van der Waals surface area contributed by atoms with E-state index in [4.69, 9.17) is 4.74 Å². The summed E-state index contributed by atoms with van der Waals surface area (Å²) in [6.45, 7) is 4.02. The fourth-order valence-corrected chi connectivity index (χ4v) is 5.77. The summed E-state index contributed by atoms with van der Waals surface area (Å²) in [5.74, 6) is 1.01. The van der Waals surface area contributed by atoms with Crippen LogP contribution >= 0.6 is 11.3 Å². The first-order chi connectivity index (χ1) is 16.1. The van der Waals surface area contributed by atoms with Crippen LogP contribution in [-0.4, -0.2) is 50.6 Å². The van der Waals surface area contributed by atoms with E-state index in [-0.39, 0.29) is 11.6 Å². The molecule has 5 heteroatoms. The Bertz CT molecular complexity index is 966. The Kier molecular flexibility index (Phi) is 8.20. The normalized spacial score (nSPS) is 17.2. The van der Waals surface area contributed by atoms with Crippen molar-refractivity contribution < 1.29 is 4.74 Å². The zero-order valence-electron chi connectivity index (χ0n) is 20.2. The second kappa shape index (κ2) is 11.3. The van der Waals surface area contributed by atoms with E-state index in [0.717, 1.165) is 51.2 Å². The van der Waals surface area contributed by atoms with Gasteiger partial charge in [-0.25, -0.2) is 0 Å². The van der Waals surface area contributed by atoms with Crippen LogP contribution in [0.3, 0.4) is 0 Å². The Labute approximate surface area is 203 Å². The van der Waals surface area contributed by atoms with Gasteiger partial charge in [0.1, 0.15) is 11.9 Å². The molecule has 1 aliphatic heterocycles. The van der Waals surface area contributed by atoms with Crippen molar-refractivity contribution in [2.45, 2.75) is 37.5 Å². The average molecular weight is 464 g/mol. The standard InChI is InChI=1S/C28H37N3OS/c1-29-18-15-26(27-14-9-21-33-27)32-25-13-8-7-10-23(25)22-31-19-16-28(17-20-31,30(2)3)24-11-5-4-6-12-24/h4-14,21,26,29H,15-20,22H2,1-3H3/t26-/m0/s1. The molecule has 1 atom stereocenters. The highest BCUT2D eigenvalue weighted by Gasteiger charge is 2.38. The van der Waals surface area contributed by atoms with Gasteiger partial charge in [-0.05, 0) is 63.6 Å². The van der Waals surface area contributed by atoms with Crippen LogP contribution in [0.2, 0.25) is 0 Å². The molecule has 0 aliphatic carbocycles. The van der Waals surface area contributed by atoms with Gasteiger partial charge in [-0.3, -0.25) is 9.80 Å². The van der Waals surface area contributed by atoms with E-state index >= 15 is 0 Å². The fourth-order valence-electron chi connectivity index (χ4n) is 4.98. The largest absolute Gasteiger partial charge is 0.485 e. The number of hydrogen-bond acceptors (Lipinski definition) is 5. The molecular formula is C28H37N3OS. The number of nitrogens with one attached hydrogen (secondary N) is 1. The van der Waals surface area contributed by atoms with Crippen molar-refractivity contribution in [2.24, 2.45) is 0 Å². The van der Waals surface area contributed by atoms with Crippen molar-refractivity contribution in [3.63, 3.8) is 0 Å². The summed E-state index contributed by atoms with van der Waals surface area (Å²) in [6, 6.07) is 23.9. The Balaban J connectivity index is 1.45. The summed E-state index contributed by atoms with van der Waals surface area (Å²) in [5, 5.41) is 5.40. The second-order valence-electron chi connectivity index (χ2n) is 9.19. The lowest BCUT2D eigenvalue weighted by Crippen LogP contribution is -2.50. The zero-order valence-corrected chi connectivity index (χ0v) is 21.0. The molecular weight excluding hydrogens is 426 g/mol. The third-order valence-corrected chi connectivity index (χ3v) is 7.97. The number of ether oxygens (including phenoxy) is 1. The second-order valence-corrected chi connectivity index (χ2v) is 10.2. The maximum atomic E-state index is 6.62. The minimum absolute atomic E-state index is 0.0828. The molecule has 1 aliphatic rings. The fraction of sp³-hybridized carbons (Fsp3) is 0.429. The summed E-state index contributed by atoms with van der Waals surface area (Å²) in [5.41, 5.74) is 2.83. The molecule has 0 spiro atoms.